The van der Waals surface area contributed by atoms with Crippen molar-refractivity contribution in [1.29, 1.82) is 0 Å². The number of benzene rings is 2. The average Bonchev–Trinajstić information content (AvgIpc) is 2.49. The van der Waals surface area contributed by atoms with Crippen LogP contribution in [0, 0.1) is 0 Å². The molecule has 0 unspecified atom stereocenters. The molecule has 4 aliphatic heterocycles. The molecule has 0 aromatic heterocycles. The van der Waals surface area contributed by atoms with Gasteiger partial charge in [0.1, 0.15) is 0 Å². The second-order valence-corrected chi connectivity index (χ2v) is 10.6. The highest BCUT2D eigenvalue weighted by Gasteiger charge is 2.16. The van der Waals surface area contributed by atoms with Crippen molar-refractivity contribution in [3.05, 3.63) is 70.8 Å². The number of aryl methyl sites for hydroxylation is 1. The van der Waals surface area contributed by atoms with E-state index in [0.717, 1.165) is 11.1 Å². The Hall–Kier alpha value is -1.66. The zero-order chi connectivity index (χ0) is 17.2. The van der Waals surface area contributed by atoms with Crippen molar-refractivity contribution in [2.45, 2.75) is 30.1 Å². The van der Waals surface area contributed by atoms with Gasteiger partial charge in [-0.1, -0.05) is 48.5 Å². The summed E-state index contributed by atoms with van der Waals surface area (Å²) in [6.45, 7) is 0. The largest absolute Gasteiger partial charge is 0.228 e. The molecular weight excluding hydrogens is 344 g/mol. The van der Waals surface area contributed by atoms with Crippen molar-refractivity contribution in [3.8, 4) is 0 Å². The summed E-state index contributed by atoms with van der Waals surface area (Å²) in [7, 11) is -6.42. The molecule has 0 spiro atoms. The third-order valence-electron chi connectivity index (χ3n) is 4.13. The van der Waals surface area contributed by atoms with Gasteiger partial charge in [-0.25, -0.2) is 16.8 Å². The first kappa shape index (κ1) is 17.2. The van der Waals surface area contributed by atoms with E-state index in [1.165, 1.54) is 0 Å². The van der Waals surface area contributed by atoms with Crippen LogP contribution in [0.2, 0.25) is 0 Å². The van der Waals surface area contributed by atoms with Gasteiger partial charge in [0.05, 0.1) is 23.0 Å². The number of hydrogen-bond donors (Lipinski definition) is 0. The lowest BCUT2D eigenvalue weighted by atomic mass is 10.1. The van der Waals surface area contributed by atoms with Crippen LogP contribution in [-0.4, -0.2) is 22.6 Å². The van der Waals surface area contributed by atoms with Gasteiger partial charge < -0.3 is 0 Å². The smallest absolute Gasteiger partial charge is 0.158 e. The number of sulfone groups is 2. The SMILES string of the molecule is O=S1(=O)CCCc2ccc(cc2)CS(=O)(=O)Cc2ccc(cc2)C1. The fraction of sp³-hybridized carbons (Fsp3) is 0.333. The van der Waals surface area contributed by atoms with Crippen molar-refractivity contribution in [2.24, 2.45) is 0 Å². The average molecular weight is 364 g/mol. The molecule has 0 fully saturated rings. The Kier molecular flexibility index (Phi) is 4.78. The van der Waals surface area contributed by atoms with Crippen molar-refractivity contribution in [1.82, 2.24) is 0 Å². The molecule has 0 radical (unpaired) electrons. The summed E-state index contributed by atoms with van der Waals surface area (Å²) < 4.78 is 49.1. The standard InChI is InChI=1S/C18H20O4S2/c19-23(20)11-1-2-15-3-5-17(6-4-15)13-24(21,22)14-18-9-7-16(12-23)8-10-18/h3-10H,1-2,11-14H2. The summed E-state index contributed by atoms with van der Waals surface area (Å²) in [6, 6.07) is 14.2. The molecule has 6 rings (SSSR count). The molecule has 0 saturated heterocycles. The van der Waals surface area contributed by atoms with E-state index in [1.54, 1.807) is 24.3 Å². The lowest BCUT2D eigenvalue weighted by Crippen LogP contribution is -2.11. The molecule has 128 valence electrons. The minimum Gasteiger partial charge on any atom is -0.228 e. The van der Waals surface area contributed by atoms with Gasteiger partial charge in [-0.05, 0) is 35.1 Å². The molecule has 4 bridgehead atoms. The third kappa shape index (κ3) is 4.68. The molecule has 6 heteroatoms. The Balaban J connectivity index is 1.95. The normalized spacial score (nSPS) is 20.0. The highest BCUT2D eigenvalue weighted by Crippen LogP contribution is 2.17. The van der Waals surface area contributed by atoms with Crippen LogP contribution >= 0.6 is 0 Å². The molecule has 24 heavy (non-hydrogen) atoms. The van der Waals surface area contributed by atoms with Crippen molar-refractivity contribution in [3.63, 3.8) is 0 Å². The van der Waals surface area contributed by atoms with E-state index in [1.807, 2.05) is 24.3 Å². The summed E-state index contributed by atoms with van der Waals surface area (Å²) in [5.41, 5.74) is 3.17. The van der Waals surface area contributed by atoms with Crippen LogP contribution in [0.5, 0.6) is 0 Å². The molecule has 4 heterocycles. The molecule has 2 aromatic carbocycles. The molecule has 4 nitrogen and oxygen atoms in total. The first-order valence-corrected chi connectivity index (χ1v) is 11.5. The summed E-state index contributed by atoms with van der Waals surface area (Å²) in [5.74, 6) is 0.134. The van der Waals surface area contributed by atoms with E-state index in [-0.39, 0.29) is 23.0 Å². The van der Waals surface area contributed by atoms with Gasteiger partial charge in [0.2, 0.25) is 0 Å². The lowest BCUT2D eigenvalue weighted by molar-refractivity contribution is 0.591. The lowest BCUT2D eigenvalue weighted by Gasteiger charge is -2.10. The maximum Gasteiger partial charge on any atom is 0.158 e. The fourth-order valence-electron chi connectivity index (χ4n) is 2.92. The maximum atomic E-state index is 12.4. The Morgan fingerprint density at radius 3 is 1.38 bits per heavy atom. The van der Waals surface area contributed by atoms with E-state index in [2.05, 4.69) is 0 Å². The Morgan fingerprint density at radius 1 is 0.542 bits per heavy atom. The van der Waals surface area contributed by atoms with Gasteiger partial charge in [-0.15, -0.1) is 0 Å². The predicted molar refractivity (Wildman–Crippen MR) is 95.0 cm³/mol. The summed E-state index contributed by atoms with van der Waals surface area (Å²) >= 11 is 0. The molecule has 0 saturated carbocycles. The minimum absolute atomic E-state index is 0.00102. The fourth-order valence-corrected chi connectivity index (χ4v) is 5.85. The van der Waals surface area contributed by atoms with Crippen LogP contribution < -0.4 is 0 Å². The molecule has 4 aliphatic rings. The van der Waals surface area contributed by atoms with Gasteiger partial charge in [0, 0.05) is 0 Å². The van der Waals surface area contributed by atoms with Crippen LogP contribution in [-0.2, 0) is 43.4 Å². The van der Waals surface area contributed by atoms with E-state index in [9.17, 15) is 16.8 Å². The first-order valence-electron chi connectivity index (χ1n) is 7.88. The second kappa shape index (κ2) is 6.69. The van der Waals surface area contributed by atoms with Crippen LogP contribution in [0.4, 0.5) is 0 Å². The maximum absolute atomic E-state index is 12.4. The molecule has 0 amide bonds. The molecule has 2 aromatic rings. The van der Waals surface area contributed by atoms with Crippen LogP contribution in [0.1, 0.15) is 28.7 Å². The van der Waals surface area contributed by atoms with E-state index in [4.69, 9.17) is 0 Å². The van der Waals surface area contributed by atoms with Crippen LogP contribution in [0.3, 0.4) is 0 Å². The van der Waals surface area contributed by atoms with Crippen LogP contribution in [0.25, 0.3) is 0 Å². The molecular formula is C18H20O4S2. The zero-order valence-electron chi connectivity index (χ0n) is 13.3. The second-order valence-electron chi connectivity index (χ2n) is 6.36. The highest BCUT2D eigenvalue weighted by atomic mass is 32.2. The molecule has 0 aliphatic carbocycles. The first-order chi connectivity index (χ1) is 11.3. The zero-order valence-corrected chi connectivity index (χ0v) is 14.9. The Labute approximate surface area is 143 Å². The summed E-state index contributed by atoms with van der Waals surface area (Å²) in [4.78, 5) is 0. The van der Waals surface area contributed by atoms with Crippen LogP contribution in [0.15, 0.2) is 48.5 Å². The quantitative estimate of drug-likeness (QED) is 0.721. The monoisotopic (exact) mass is 364 g/mol. The third-order valence-corrected chi connectivity index (χ3v) is 7.36. The Morgan fingerprint density at radius 2 is 0.917 bits per heavy atom. The molecule has 0 atom stereocenters. The van der Waals surface area contributed by atoms with Gasteiger partial charge >= 0.3 is 0 Å². The Bertz CT molecular complexity index is 910. The number of rotatable bonds is 0. The van der Waals surface area contributed by atoms with Gasteiger partial charge in [-0.2, -0.15) is 0 Å². The predicted octanol–water partition coefficient (Wildman–Crippen LogP) is 2.66. The summed E-state index contributed by atoms with van der Waals surface area (Å²) in [6.07, 6.45) is 1.24. The number of hydrogen-bond acceptors (Lipinski definition) is 4. The van der Waals surface area contributed by atoms with E-state index in [0.29, 0.717) is 24.0 Å². The van der Waals surface area contributed by atoms with Gasteiger partial charge in [0.15, 0.2) is 19.7 Å². The van der Waals surface area contributed by atoms with Gasteiger partial charge in [-0.3, -0.25) is 0 Å². The van der Waals surface area contributed by atoms with E-state index < -0.39 is 19.7 Å². The molecule has 0 N–H and O–H groups in total. The minimum atomic E-state index is -3.26. The van der Waals surface area contributed by atoms with Crippen molar-refractivity contribution >= 4 is 19.7 Å². The summed E-state index contributed by atoms with van der Waals surface area (Å²) in [5, 5.41) is 0. The van der Waals surface area contributed by atoms with Crippen molar-refractivity contribution in [2.75, 3.05) is 5.75 Å². The highest BCUT2D eigenvalue weighted by molar-refractivity contribution is 7.90. The topological polar surface area (TPSA) is 68.3 Å². The van der Waals surface area contributed by atoms with Gasteiger partial charge in [0.25, 0.3) is 0 Å². The van der Waals surface area contributed by atoms with Crippen molar-refractivity contribution < 1.29 is 16.8 Å². The van der Waals surface area contributed by atoms with E-state index >= 15 is 0 Å².